The number of hydrogen-bond donors (Lipinski definition) is 1. The van der Waals surface area contributed by atoms with Gasteiger partial charge in [0.1, 0.15) is 6.54 Å². The number of carbonyl (C=O) groups excluding carboxylic acids is 1. The van der Waals surface area contributed by atoms with E-state index in [1.807, 2.05) is 13.0 Å². The number of sulfonamides is 1. The van der Waals surface area contributed by atoms with E-state index >= 15 is 0 Å². The molecule has 0 aliphatic carbocycles. The number of nitro groups is 1. The Kier molecular flexibility index (Phi) is 7.64. The summed E-state index contributed by atoms with van der Waals surface area (Å²) in [5.41, 5.74) is 4.16. The Labute approximate surface area is 201 Å². The molecule has 3 aromatic rings. The van der Waals surface area contributed by atoms with Crippen molar-refractivity contribution >= 4 is 45.1 Å². The van der Waals surface area contributed by atoms with Crippen LogP contribution >= 0.6 is 11.6 Å². The highest BCUT2D eigenvalue weighted by molar-refractivity contribution is 7.92. The second-order valence-corrected chi connectivity index (χ2v) is 9.64. The van der Waals surface area contributed by atoms with Crippen molar-refractivity contribution in [2.45, 2.75) is 18.7 Å². The highest BCUT2D eigenvalue weighted by atomic mass is 35.5. The minimum absolute atomic E-state index is 0.0376. The summed E-state index contributed by atoms with van der Waals surface area (Å²) in [5.74, 6) is -0.710. The molecule has 0 bridgehead atoms. The Balaban J connectivity index is 1.88. The van der Waals surface area contributed by atoms with Gasteiger partial charge in [0.05, 0.1) is 21.7 Å². The molecule has 3 aromatic carbocycles. The van der Waals surface area contributed by atoms with Crippen LogP contribution in [0.1, 0.15) is 16.7 Å². The first kappa shape index (κ1) is 24.9. The number of nitro benzene ring substituents is 1. The SMILES string of the molecule is Cc1ccc(C)c(N(CC(=O)N/N=C\c2cc([N+](=O)[O-])ccc2Cl)S(=O)(=O)c2ccccc2)c1. The highest BCUT2D eigenvalue weighted by Crippen LogP contribution is 2.27. The van der Waals surface area contributed by atoms with Crippen LogP contribution in [0, 0.1) is 24.0 Å². The van der Waals surface area contributed by atoms with Crippen LogP contribution in [0.25, 0.3) is 0 Å². The Bertz CT molecular complexity index is 1360. The molecule has 0 fully saturated rings. The van der Waals surface area contributed by atoms with Gasteiger partial charge in [-0.1, -0.05) is 41.9 Å². The van der Waals surface area contributed by atoms with E-state index in [0.29, 0.717) is 11.3 Å². The number of nitrogens with zero attached hydrogens (tertiary/aromatic N) is 3. The van der Waals surface area contributed by atoms with Gasteiger partial charge in [0.15, 0.2) is 0 Å². The molecule has 0 aromatic heterocycles. The predicted octanol–water partition coefficient (Wildman–Crippen LogP) is 4.21. The molecule has 0 aliphatic rings. The van der Waals surface area contributed by atoms with Crippen molar-refractivity contribution in [3.8, 4) is 0 Å². The zero-order chi connectivity index (χ0) is 24.9. The average molecular weight is 501 g/mol. The fraction of sp³-hybridized carbons (Fsp3) is 0.130. The fourth-order valence-corrected chi connectivity index (χ4v) is 4.76. The number of rotatable bonds is 8. The summed E-state index contributed by atoms with van der Waals surface area (Å²) in [4.78, 5) is 23.1. The lowest BCUT2D eigenvalue weighted by molar-refractivity contribution is -0.384. The molecule has 0 saturated heterocycles. The van der Waals surface area contributed by atoms with Crippen LogP contribution in [0.15, 0.2) is 76.7 Å². The second kappa shape index (κ2) is 10.4. The minimum Gasteiger partial charge on any atom is -0.271 e. The molecule has 1 N–H and O–H groups in total. The minimum atomic E-state index is -4.06. The van der Waals surface area contributed by atoms with Crippen molar-refractivity contribution in [2.75, 3.05) is 10.8 Å². The molecular weight excluding hydrogens is 480 g/mol. The molecule has 11 heteroatoms. The van der Waals surface area contributed by atoms with Crippen LogP contribution < -0.4 is 9.73 Å². The largest absolute Gasteiger partial charge is 0.271 e. The van der Waals surface area contributed by atoms with Crippen molar-refractivity contribution in [1.29, 1.82) is 0 Å². The van der Waals surface area contributed by atoms with Crippen LogP contribution in [0.3, 0.4) is 0 Å². The number of amides is 1. The van der Waals surface area contributed by atoms with Crippen LogP contribution in [-0.2, 0) is 14.8 Å². The molecular formula is C23H21ClN4O5S. The Morgan fingerprint density at radius 2 is 1.82 bits per heavy atom. The maximum atomic E-state index is 13.4. The molecule has 0 aliphatic heterocycles. The fourth-order valence-electron chi connectivity index (χ4n) is 3.09. The summed E-state index contributed by atoms with van der Waals surface area (Å²) < 4.78 is 27.8. The summed E-state index contributed by atoms with van der Waals surface area (Å²) in [6.07, 6.45) is 1.15. The van der Waals surface area contributed by atoms with Gasteiger partial charge in [-0.2, -0.15) is 5.10 Å². The van der Waals surface area contributed by atoms with E-state index in [-0.39, 0.29) is 21.2 Å². The van der Waals surface area contributed by atoms with Crippen molar-refractivity contribution in [2.24, 2.45) is 5.10 Å². The van der Waals surface area contributed by atoms with Crippen LogP contribution in [0.2, 0.25) is 5.02 Å². The smallest absolute Gasteiger partial charge is 0.270 e. The van der Waals surface area contributed by atoms with Gasteiger partial charge in [0.25, 0.3) is 21.6 Å². The molecule has 0 atom stereocenters. The lowest BCUT2D eigenvalue weighted by atomic mass is 10.1. The molecule has 0 saturated carbocycles. The Morgan fingerprint density at radius 1 is 1.12 bits per heavy atom. The van der Waals surface area contributed by atoms with E-state index in [2.05, 4.69) is 10.5 Å². The summed E-state index contributed by atoms with van der Waals surface area (Å²) in [7, 11) is -4.06. The number of hydrazone groups is 1. The third-order valence-corrected chi connectivity index (χ3v) is 6.95. The normalized spacial score (nSPS) is 11.4. The number of hydrogen-bond acceptors (Lipinski definition) is 6. The van der Waals surface area contributed by atoms with Crippen molar-refractivity contribution in [1.82, 2.24) is 5.43 Å². The number of halogens is 1. The third-order valence-electron chi connectivity index (χ3n) is 4.84. The molecule has 0 radical (unpaired) electrons. The van der Waals surface area contributed by atoms with Crippen LogP contribution in [0.4, 0.5) is 11.4 Å². The molecule has 3 rings (SSSR count). The Hall–Kier alpha value is -3.76. The van der Waals surface area contributed by atoms with E-state index in [1.165, 1.54) is 30.3 Å². The van der Waals surface area contributed by atoms with Crippen molar-refractivity contribution in [3.63, 3.8) is 0 Å². The highest BCUT2D eigenvalue weighted by Gasteiger charge is 2.28. The molecule has 1 amide bonds. The van der Waals surface area contributed by atoms with Gasteiger partial charge >= 0.3 is 0 Å². The third kappa shape index (κ3) is 5.77. The lowest BCUT2D eigenvalue weighted by Crippen LogP contribution is -2.40. The summed E-state index contributed by atoms with van der Waals surface area (Å²) in [5, 5.41) is 14.9. The van der Waals surface area contributed by atoms with Gasteiger partial charge < -0.3 is 0 Å². The monoisotopic (exact) mass is 500 g/mol. The van der Waals surface area contributed by atoms with E-state index in [4.69, 9.17) is 11.6 Å². The van der Waals surface area contributed by atoms with Crippen molar-refractivity contribution < 1.29 is 18.1 Å². The number of benzene rings is 3. The first-order valence-corrected chi connectivity index (χ1v) is 11.8. The van der Waals surface area contributed by atoms with Crippen LogP contribution in [-0.4, -0.2) is 32.0 Å². The molecule has 176 valence electrons. The molecule has 0 unspecified atom stereocenters. The number of aryl methyl sites for hydroxylation is 2. The number of anilines is 1. The van der Waals surface area contributed by atoms with E-state index in [9.17, 15) is 23.3 Å². The number of carbonyl (C=O) groups is 1. The average Bonchev–Trinajstić information content (AvgIpc) is 2.80. The predicted molar refractivity (Wildman–Crippen MR) is 131 cm³/mol. The summed E-state index contributed by atoms with van der Waals surface area (Å²) in [6, 6.07) is 16.9. The second-order valence-electron chi connectivity index (χ2n) is 7.37. The van der Waals surface area contributed by atoms with E-state index < -0.39 is 27.4 Å². The first-order chi connectivity index (χ1) is 16.1. The van der Waals surface area contributed by atoms with Gasteiger partial charge in [-0.3, -0.25) is 19.2 Å². The summed E-state index contributed by atoms with van der Waals surface area (Å²) in [6.45, 7) is 3.04. The van der Waals surface area contributed by atoms with Gasteiger partial charge in [0, 0.05) is 22.7 Å². The van der Waals surface area contributed by atoms with Crippen molar-refractivity contribution in [3.05, 3.63) is 98.6 Å². The van der Waals surface area contributed by atoms with E-state index in [1.54, 1.807) is 37.3 Å². The van der Waals surface area contributed by atoms with E-state index in [0.717, 1.165) is 16.1 Å². The number of non-ortho nitro benzene ring substituents is 1. The van der Waals surface area contributed by atoms with Gasteiger partial charge in [-0.25, -0.2) is 13.8 Å². The topological polar surface area (TPSA) is 122 Å². The summed E-state index contributed by atoms with van der Waals surface area (Å²) >= 11 is 6.03. The first-order valence-electron chi connectivity index (χ1n) is 10.0. The van der Waals surface area contributed by atoms with Gasteiger partial charge in [-0.05, 0) is 49.2 Å². The molecule has 0 spiro atoms. The maximum Gasteiger partial charge on any atom is 0.270 e. The van der Waals surface area contributed by atoms with Crippen LogP contribution in [0.5, 0.6) is 0 Å². The molecule has 34 heavy (non-hydrogen) atoms. The van der Waals surface area contributed by atoms with Gasteiger partial charge in [0.2, 0.25) is 0 Å². The zero-order valence-corrected chi connectivity index (χ0v) is 19.9. The standard InChI is InChI=1S/C23H21ClN4O5S/c1-16-8-9-17(2)22(12-16)27(34(32,33)20-6-4-3-5-7-20)15-23(29)26-25-14-18-13-19(28(30)31)10-11-21(18)24/h3-14H,15H2,1-2H3,(H,26,29)/b25-14-. The quantitative estimate of drug-likeness (QED) is 0.282. The maximum absolute atomic E-state index is 13.4. The Morgan fingerprint density at radius 3 is 2.50 bits per heavy atom. The zero-order valence-electron chi connectivity index (χ0n) is 18.3. The molecule has 9 nitrogen and oxygen atoms in total. The molecule has 0 heterocycles. The number of nitrogens with one attached hydrogen (secondary N) is 1. The van der Waals surface area contributed by atoms with Gasteiger partial charge in [-0.15, -0.1) is 0 Å². The lowest BCUT2D eigenvalue weighted by Gasteiger charge is -2.25.